The third-order valence-electron chi connectivity index (χ3n) is 2.70. The summed E-state index contributed by atoms with van der Waals surface area (Å²) in [4.78, 5) is 11.9. The van der Waals surface area contributed by atoms with Crippen molar-refractivity contribution in [1.29, 1.82) is 0 Å². The number of nitrogens with one attached hydrogen (secondary N) is 1. The molecule has 1 atom stereocenters. The molecule has 0 aliphatic carbocycles. The van der Waals surface area contributed by atoms with Crippen molar-refractivity contribution in [2.75, 3.05) is 5.32 Å². The van der Waals surface area contributed by atoms with Crippen LogP contribution in [0.15, 0.2) is 42.5 Å². The van der Waals surface area contributed by atoms with Gasteiger partial charge in [0, 0.05) is 6.07 Å². The lowest BCUT2D eigenvalue weighted by molar-refractivity contribution is -0.122. The maximum Gasteiger partial charge on any atom is 0.265 e. The Hall–Kier alpha value is -2.14. The molecule has 0 saturated carbocycles. The van der Waals surface area contributed by atoms with Crippen molar-refractivity contribution in [2.45, 2.75) is 13.0 Å². The van der Waals surface area contributed by atoms with Crippen molar-refractivity contribution in [3.8, 4) is 5.75 Å². The molecule has 3 nitrogen and oxygen atoms in total. The van der Waals surface area contributed by atoms with Gasteiger partial charge in [-0.1, -0.05) is 23.7 Å². The molecule has 0 aliphatic rings. The van der Waals surface area contributed by atoms with E-state index in [1.807, 2.05) is 0 Å². The summed E-state index contributed by atoms with van der Waals surface area (Å²) in [5, 5.41) is 2.69. The van der Waals surface area contributed by atoms with Gasteiger partial charge in [-0.05, 0) is 31.2 Å². The van der Waals surface area contributed by atoms with Gasteiger partial charge in [0.2, 0.25) is 0 Å². The highest BCUT2D eigenvalue weighted by Gasteiger charge is 2.17. The summed E-state index contributed by atoms with van der Waals surface area (Å²) in [7, 11) is 0. The Morgan fingerprint density at radius 1 is 1.24 bits per heavy atom. The fourth-order valence-corrected chi connectivity index (χ4v) is 1.79. The van der Waals surface area contributed by atoms with E-state index in [0.29, 0.717) is 16.8 Å². The van der Waals surface area contributed by atoms with Crippen LogP contribution in [0.25, 0.3) is 0 Å². The summed E-state index contributed by atoms with van der Waals surface area (Å²) >= 11 is 5.92. The molecule has 1 N–H and O–H groups in total. The first kappa shape index (κ1) is 15.3. The van der Waals surface area contributed by atoms with E-state index in [4.69, 9.17) is 16.3 Å². The summed E-state index contributed by atoms with van der Waals surface area (Å²) in [5.41, 5.74) is -0.115. The Labute approximate surface area is 125 Å². The van der Waals surface area contributed by atoms with Crippen LogP contribution in [0.2, 0.25) is 5.02 Å². The topological polar surface area (TPSA) is 38.3 Å². The highest BCUT2D eigenvalue weighted by atomic mass is 35.5. The zero-order valence-corrected chi connectivity index (χ0v) is 11.8. The number of rotatable bonds is 4. The number of benzene rings is 2. The van der Waals surface area contributed by atoms with Crippen LogP contribution in [0.5, 0.6) is 5.75 Å². The molecule has 1 unspecified atom stereocenters. The van der Waals surface area contributed by atoms with Crippen molar-refractivity contribution < 1.29 is 18.3 Å². The molecule has 21 heavy (non-hydrogen) atoms. The predicted molar refractivity (Wildman–Crippen MR) is 76.5 cm³/mol. The minimum atomic E-state index is -0.894. The van der Waals surface area contributed by atoms with E-state index < -0.39 is 23.6 Å². The number of halogens is 3. The monoisotopic (exact) mass is 311 g/mol. The summed E-state index contributed by atoms with van der Waals surface area (Å²) in [6.45, 7) is 1.50. The van der Waals surface area contributed by atoms with Gasteiger partial charge in [-0.2, -0.15) is 0 Å². The van der Waals surface area contributed by atoms with Gasteiger partial charge in [0.25, 0.3) is 5.91 Å². The molecular formula is C15H12ClF2NO2. The molecule has 0 heterocycles. The largest absolute Gasteiger partial charge is 0.479 e. The predicted octanol–water partition coefficient (Wildman–Crippen LogP) is 4.02. The number of carbonyl (C=O) groups excluding carboxylic acids is 1. The molecule has 0 spiro atoms. The molecule has 0 aliphatic heterocycles. The molecule has 0 radical (unpaired) electrons. The van der Waals surface area contributed by atoms with Gasteiger partial charge in [0.05, 0.1) is 10.7 Å². The first-order valence-electron chi connectivity index (χ1n) is 6.14. The number of hydrogen-bond acceptors (Lipinski definition) is 2. The van der Waals surface area contributed by atoms with Gasteiger partial charge in [-0.15, -0.1) is 0 Å². The molecule has 0 bridgehead atoms. The van der Waals surface area contributed by atoms with Gasteiger partial charge in [0.15, 0.2) is 6.10 Å². The molecule has 110 valence electrons. The van der Waals surface area contributed by atoms with Gasteiger partial charge in [-0.25, -0.2) is 8.78 Å². The lowest BCUT2D eigenvalue weighted by Gasteiger charge is -2.15. The number of ether oxygens (including phenoxy) is 1. The zero-order valence-electron chi connectivity index (χ0n) is 11.1. The minimum absolute atomic E-state index is 0.115. The molecule has 2 aromatic rings. The maximum atomic E-state index is 13.4. The molecular weight excluding hydrogens is 300 g/mol. The molecule has 0 fully saturated rings. The first-order valence-corrected chi connectivity index (χ1v) is 6.52. The smallest absolute Gasteiger partial charge is 0.265 e. The third-order valence-corrected chi connectivity index (χ3v) is 3.01. The summed E-state index contributed by atoms with van der Waals surface area (Å²) < 4.78 is 31.6. The van der Waals surface area contributed by atoms with Crippen molar-refractivity contribution >= 4 is 23.2 Å². The summed E-state index contributed by atoms with van der Waals surface area (Å²) in [6.07, 6.45) is -0.894. The maximum absolute atomic E-state index is 13.4. The van der Waals surface area contributed by atoms with Crippen LogP contribution in [-0.4, -0.2) is 12.0 Å². The number of anilines is 1. The minimum Gasteiger partial charge on any atom is -0.479 e. The van der Waals surface area contributed by atoms with Crippen LogP contribution in [0, 0.1) is 11.6 Å². The quantitative estimate of drug-likeness (QED) is 0.926. The Bertz CT molecular complexity index is 664. The normalized spacial score (nSPS) is 11.8. The highest BCUT2D eigenvalue weighted by Crippen LogP contribution is 2.24. The molecule has 1 amide bonds. The zero-order chi connectivity index (χ0) is 15.4. The molecule has 0 saturated heterocycles. The Morgan fingerprint density at radius 3 is 2.62 bits per heavy atom. The van der Waals surface area contributed by atoms with E-state index in [0.717, 1.165) is 12.1 Å². The molecule has 2 aromatic carbocycles. The number of amides is 1. The molecule has 6 heteroatoms. The van der Waals surface area contributed by atoms with Crippen LogP contribution in [0.3, 0.4) is 0 Å². The third kappa shape index (κ3) is 3.92. The number of para-hydroxylation sites is 1. The average molecular weight is 312 g/mol. The van der Waals surface area contributed by atoms with Crippen molar-refractivity contribution in [2.24, 2.45) is 0 Å². The average Bonchev–Trinajstić information content (AvgIpc) is 2.44. The van der Waals surface area contributed by atoms with Gasteiger partial charge < -0.3 is 10.1 Å². The van der Waals surface area contributed by atoms with E-state index in [1.165, 1.54) is 6.92 Å². The molecule has 0 aromatic heterocycles. The van der Waals surface area contributed by atoms with Gasteiger partial charge in [0.1, 0.15) is 17.4 Å². The van der Waals surface area contributed by atoms with E-state index in [1.54, 1.807) is 24.3 Å². The highest BCUT2D eigenvalue weighted by molar-refractivity contribution is 6.32. The fourth-order valence-electron chi connectivity index (χ4n) is 1.61. The summed E-state index contributed by atoms with van der Waals surface area (Å²) in [5.74, 6) is -1.79. The van der Waals surface area contributed by atoms with Crippen molar-refractivity contribution in [1.82, 2.24) is 0 Å². The first-order chi connectivity index (χ1) is 9.97. The lowest BCUT2D eigenvalue weighted by atomic mass is 10.2. The van der Waals surface area contributed by atoms with Gasteiger partial charge >= 0.3 is 0 Å². The summed E-state index contributed by atoms with van der Waals surface area (Å²) in [6, 6.07) is 9.57. The second-order valence-electron chi connectivity index (χ2n) is 4.30. The van der Waals surface area contributed by atoms with Crippen LogP contribution >= 0.6 is 11.6 Å². The number of hydrogen-bond donors (Lipinski definition) is 1. The Morgan fingerprint density at radius 2 is 1.95 bits per heavy atom. The Kier molecular flexibility index (Phi) is 4.75. The fraction of sp³-hybridized carbons (Fsp3) is 0.133. The second kappa shape index (κ2) is 6.54. The van der Waals surface area contributed by atoms with Crippen LogP contribution < -0.4 is 10.1 Å². The number of carbonyl (C=O) groups is 1. The van der Waals surface area contributed by atoms with E-state index in [9.17, 15) is 13.6 Å². The second-order valence-corrected chi connectivity index (χ2v) is 4.71. The Balaban J connectivity index is 2.04. The molecule has 2 rings (SSSR count). The standard InChI is InChI=1S/C15H12ClF2NO2/c1-9(21-14-5-3-2-4-11(14)16)15(20)19-13-7-6-10(17)8-12(13)18/h2-9H,1H3,(H,19,20). The van der Waals surface area contributed by atoms with Crippen LogP contribution in [0.1, 0.15) is 6.92 Å². The van der Waals surface area contributed by atoms with Crippen molar-refractivity contribution in [3.05, 3.63) is 59.1 Å². The van der Waals surface area contributed by atoms with E-state index in [2.05, 4.69) is 5.32 Å². The lowest BCUT2D eigenvalue weighted by Crippen LogP contribution is -2.30. The van der Waals surface area contributed by atoms with Gasteiger partial charge in [-0.3, -0.25) is 4.79 Å². The van der Waals surface area contributed by atoms with Crippen LogP contribution in [0.4, 0.5) is 14.5 Å². The SMILES string of the molecule is CC(Oc1ccccc1Cl)C(=O)Nc1ccc(F)cc1F. The van der Waals surface area contributed by atoms with Crippen molar-refractivity contribution in [3.63, 3.8) is 0 Å². The van der Waals surface area contributed by atoms with E-state index in [-0.39, 0.29) is 5.69 Å². The van der Waals surface area contributed by atoms with E-state index >= 15 is 0 Å². The van der Waals surface area contributed by atoms with Crippen LogP contribution in [-0.2, 0) is 4.79 Å².